The van der Waals surface area contributed by atoms with E-state index in [9.17, 15) is 13.2 Å². The van der Waals surface area contributed by atoms with Crippen LogP contribution in [0.1, 0.15) is 63.9 Å². The van der Waals surface area contributed by atoms with Crippen LogP contribution in [-0.4, -0.2) is 19.6 Å². The van der Waals surface area contributed by atoms with Crippen molar-refractivity contribution < 1.29 is 17.9 Å². The third-order valence-corrected chi connectivity index (χ3v) is 7.11. The average Bonchev–Trinajstić information content (AvgIpc) is 2.75. The first-order valence-electron chi connectivity index (χ1n) is 10.5. The molecule has 158 valence electrons. The van der Waals surface area contributed by atoms with Crippen molar-refractivity contribution in [1.29, 1.82) is 0 Å². The first-order valence-corrected chi connectivity index (χ1v) is 12.1. The minimum absolute atomic E-state index is 0.0809. The van der Waals surface area contributed by atoms with Gasteiger partial charge in [0.1, 0.15) is 6.61 Å². The van der Waals surface area contributed by atoms with Crippen LogP contribution in [0.25, 0.3) is 0 Å². The Morgan fingerprint density at radius 2 is 1.38 bits per heavy atom. The lowest BCUT2D eigenvalue weighted by atomic mass is 10.1. The van der Waals surface area contributed by atoms with Crippen LogP contribution in [-0.2, 0) is 26.0 Å². The van der Waals surface area contributed by atoms with Crippen molar-refractivity contribution in [3.8, 4) is 0 Å². The van der Waals surface area contributed by atoms with E-state index >= 15 is 0 Å². The summed E-state index contributed by atoms with van der Waals surface area (Å²) in [5, 5.41) is -1.16. The van der Waals surface area contributed by atoms with Crippen molar-refractivity contribution >= 4 is 15.8 Å². The van der Waals surface area contributed by atoms with Crippen molar-refractivity contribution in [2.24, 2.45) is 0 Å². The normalized spacial score (nSPS) is 12.4. The Morgan fingerprint density at radius 3 is 2.00 bits per heavy atom. The fourth-order valence-electron chi connectivity index (χ4n) is 3.28. The van der Waals surface area contributed by atoms with Gasteiger partial charge >= 0.3 is 5.97 Å². The molecule has 0 aliphatic carbocycles. The number of hydrogen-bond acceptors (Lipinski definition) is 4. The number of carbonyl (C=O) groups excluding carboxylic acids is 1. The van der Waals surface area contributed by atoms with Crippen LogP contribution in [0.3, 0.4) is 0 Å². The molecular formula is C24H32O4S. The molecule has 29 heavy (non-hydrogen) atoms. The van der Waals surface area contributed by atoms with Gasteiger partial charge in [-0.05, 0) is 24.1 Å². The molecule has 0 fully saturated rings. The Labute approximate surface area is 175 Å². The summed E-state index contributed by atoms with van der Waals surface area (Å²) >= 11 is 0. The molecule has 2 rings (SSSR count). The van der Waals surface area contributed by atoms with Gasteiger partial charge in [-0.2, -0.15) is 0 Å². The lowest BCUT2D eigenvalue weighted by molar-refractivity contribution is -0.144. The average molecular weight is 417 g/mol. The van der Waals surface area contributed by atoms with E-state index < -0.39 is 21.1 Å². The summed E-state index contributed by atoms with van der Waals surface area (Å²) in [5.41, 5.74) is 0.840. The highest BCUT2D eigenvalue weighted by Crippen LogP contribution is 2.22. The van der Waals surface area contributed by atoms with Crippen LogP contribution < -0.4 is 0 Å². The Balaban J connectivity index is 2.01. The van der Waals surface area contributed by atoms with Gasteiger partial charge in [-0.15, -0.1) is 0 Å². The fourth-order valence-corrected chi connectivity index (χ4v) is 4.95. The molecule has 0 bridgehead atoms. The van der Waals surface area contributed by atoms with Crippen LogP contribution in [0.15, 0.2) is 65.6 Å². The molecule has 0 aliphatic rings. The quantitative estimate of drug-likeness (QED) is 0.310. The monoisotopic (exact) mass is 416 g/mol. The van der Waals surface area contributed by atoms with Gasteiger partial charge in [0.2, 0.25) is 0 Å². The smallest absolute Gasteiger partial charge is 0.325 e. The molecular weight excluding hydrogens is 384 g/mol. The summed E-state index contributed by atoms with van der Waals surface area (Å²) in [6, 6.07) is 17.5. The van der Waals surface area contributed by atoms with Crippen molar-refractivity contribution in [3.05, 3.63) is 66.2 Å². The summed E-state index contributed by atoms with van der Waals surface area (Å²) < 4.78 is 31.6. The molecule has 0 N–H and O–H groups in total. The molecule has 4 nitrogen and oxygen atoms in total. The van der Waals surface area contributed by atoms with E-state index in [1.165, 1.54) is 31.4 Å². The summed E-state index contributed by atoms with van der Waals surface area (Å²) in [5.74, 6) is -0.663. The highest BCUT2D eigenvalue weighted by Gasteiger charge is 2.34. The summed E-state index contributed by atoms with van der Waals surface area (Å²) in [7, 11) is -3.78. The SMILES string of the molecule is CCCCCCCCCC(C(=O)OCc1ccccc1)S(=O)(=O)c1ccccc1. The molecule has 2 aromatic rings. The molecule has 0 radical (unpaired) electrons. The molecule has 0 saturated heterocycles. The van der Waals surface area contributed by atoms with Crippen molar-refractivity contribution in [3.63, 3.8) is 0 Å². The van der Waals surface area contributed by atoms with Crippen molar-refractivity contribution in [1.82, 2.24) is 0 Å². The van der Waals surface area contributed by atoms with E-state index in [4.69, 9.17) is 4.74 Å². The number of hydrogen-bond donors (Lipinski definition) is 0. The Hall–Kier alpha value is -2.14. The minimum atomic E-state index is -3.78. The molecule has 0 aliphatic heterocycles. The van der Waals surface area contributed by atoms with Crippen LogP contribution in [0.5, 0.6) is 0 Å². The van der Waals surface area contributed by atoms with Gasteiger partial charge in [0.15, 0.2) is 15.1 Å². The topological polar surface area (TPSA) is 60.4 Å². The third kappa shape index (κ3) is 7.65. The Kier molecular flexibility index (Phi) is 9.92. The maximum Gasteiger partial charge on any atom is 0.325 e. The van der Waals surface area contributed by atoms with Crippen molar-refractivity contribution in [2.75, 3.05) is 0 Å². The van der Waals surface area contributed by atoms with E-state index in [1.54, 1.807) is 18.2 Å². The largest absolute Gasteiger partial charge is 0.460 e. The zero-order chi connectivity index (χ0) is 21.0. The van der Waals surface area contributed by atoms with Gasteiger partial charge in [0.05, 0.1) is 4.90 Å². The van der Waals surface area contributed by atoms with Crippen molar-refractivity contribution in [2.45, 2.75) is 75.0 Å². The first kappa shape index (κ1) is 23.1. The van der Waals surface area contributed by atoms with Gasteiger partial charge in [0, 0.05) is 0 Å². The van der Waals surface area contributed by atoms with E-state index in [-0.39, 0.29) is 11.5 Å². The summed E-state index contributed by atoms with van der Waals surface area (Å²) in [6.45, 7) is 2.26. The van der Waals surface area contributed by atoms with Gasteiger partial charge in [-0.3, -0.25) is 4.79 Å². The van der Waals surface area contributed by atoms with Gasteiger partial charge in [-0.25, -0.2) is 8.42 Å². The van der Waals surface area contributed by atoms with E-state index in [1.807, 2.05) is 30.3 Å². The molecule has 5 heteroatoms. The molecule has 0 heterocycles. The zero-order valence-corrected chi connectivity index (χ0v) is 18.1. The lowest BCUT2D eigenvalue weighted by Gasteiger charge is -2.17. The zero-order valence-electron chi connectivity index (χ0n) is 17.3. The molecule has 1 atom stereocenters. The van der Waals surface area contributed by atoms with Gasteiger partial charge in [0.25, 0.3) is 0 Å². The van der Waals surface area contributed by atoms with Crippen LogP contribution in [0, 0.1) is 0 Å². The third-order valence-electron chi connectivity index (χ3n) is 5.00. The van der Waals surface area contributed by atoms with E-state index in [2.05, 4.69) is 6.92 Å². The number of unbranched alkanes of at least 4 members (excludes halogenated alkanes) is 6. The molecule has 1 unspecified atom stereocenters. The molecule has 0 amide bonds. The predicted octanol–water partition coefficient (Wildman–Crippen LogP) is 5.71. The Morgan fingerprint density at radius 1 is 0.828 bits per heavy atom. The van der Waals surface area contributed by atoms with Crippen LogP contribution in [0.2, 0.25) is 0 Å². The predicted molar refractivity (Wildman–Crippen MR) is 116 cm³/mol. The number of ether oxygens (including phenoxy) is 1. The lowest BCUT2D eigenvalue weighted by Crippen LogP contribution is -2.32. The van der Waals surface area contributed by atoms with Gasteiger partial charge < -0.3 is 4.74 Å². The number of carbonyl (C=O) groups is 1. The first-order chi connectivity index (χ1) is 14.1. The fraction of sp³-hybridized carbons (Fsp3) is 0.458. The second-order valence-corrected chi connectivity index (χ2v) is 9.48. The molecule has 0 saturated carbocycles. The molecule has 2 aromatic carbocycles. The Bertz CT molecular complexity index is 816. The van der Waals surface area contributed by atoms with Crippen LogP contribution >= 0.6 is 0 Å². The van der Waals surface area contributed by atoms with E-state index in [0.29, 0.717) is 12.8 Å². The number of sulfone groups is 1. The molecule has 0 spiro atoms. The summed E-state index contributed by atoms with van der Waals surface area (Å²) in [6.07, 6.45) is 7.78. The molecule has 0 aromatic heterocycles. The van der Waals surface area contributed by atoms with Gasteiger partial charge in [-0.1, -0.05) is 100 Å². The number of esters is 1. The maximum atomic E-state index is 13.1. The second-order valence-electron chi connectivity index (χ2n) is 7.35. The standard InChI is InChI=1S/C24H32O4S/c1-2-3-4-5-6-7-14-19-23(29(26,27)22-17-12-9-13-18-22)24(25)28-20-21-15-10-8-11-16-21/h8-13,15-18,23H,2-7,14,19-20H2,1H3. The number of benzene rings is 2. The highest BCUT2D eigenvalue weighted by atomic mass is 32.2. The second kappa shape index (κ2) is 12.4. The highest BCUT2D eigenvalue weighted by molar-refractivity contribution is 7.92. The van der Waals surface area contributed by atoms with Crippen LogP contribution in [0.4, 0.5) is 0 Å². The maximum absolute atomic E-state index is 13.1. The summed E-state index contributed by atoms with van der Waals surface area (Å²) in [4.78, 5) is 12.9. The number of rotatable bonds is 13. The minimum Gasteiger partial charge on any atom is -0.460 e. The van der Waals surface area contributed by atoms with E-state index in [0.717, 1.165) is 24.8 Å².